The third-order valence-electron chi connectivity index (χ3n) is 6.60. The zero-order chi connectivity index (χ0) is 25.4. The molecule has 194 valence electrons. The van der Waals surface area contributed by atoms with Crippen LogP contribution >= 0.6 is 11.6 Å². The Morgan fingerprint density at radius 3 is 2.74 bits per heavy atom. The first-order valence-corrected chi connectivity index (χ1v) is 12.8. The Kier molecular flexibility index (Phi) is 11.1. The van der Waals surface area contributed by atoms with Crippen molar-refractivity contribution in [3.63, 3.8) is 0 Å². The molecule has 1 saturated heterocycles. The molecule has 2 amide bonds. The third-order valence-corrected chi connectivity index (χ3v) is 6.89. The molecule has 3 atom stereocenters. The van der Waals surface area contributed by atoms with Crippen molar-refractivity contribution in [2.75, 3.05) is 40.4 Å². The highest BCUT2D eigenvalue weighted by Gasteiger charge is 2.43. The SMILES string of the molecule is CNC[C@H](CC(C)(C)C)NC(=O)N1CCC[C@@H]([C@](O)(CCCCOC)c2cccc(Cl)c2F)C1. The number of nitrogens with zero attached hydrogens (tertiary/aromatic N) is 1. The highest BCUT2D eigenvalue weighted by molar-refractivity contribution is 6.30. The molecule has 1 heterocycles. The van der Waals surface area contributed by atoms with E-state index >= 15 is 4.39 Å². The molecule has 2 rings (SSSR count). The van der Waals surface area contributed by atoms with E-state index in [-0.39, 0.29) is 34.0 Å². The van der Waals surface area contributed by atoms with Crippen LogP contribution in [0, 0.1) is 17.2 Å². The average Bonchev–Trinajstić information content (AvgIpc) is 2.77. The van der Waals surface area contributed by atoms with E-state index in [4.69, 9.17) is 16.3 Å². The van der Waals surface area contributed by atoms with Crippen molar-refractivity contribution in [3.05, 3.63) is 34.6 Å². The molecule has 0 spiro atoms. The number of aliphatic hydroxyl groups is 1. The summed E-state index contributed by atoms with van der Waals surface area (Å²) in [5, 5.41) is 18.2. The second kappa shape index (κ2) is 13.1. The lowest BCUT2D eigenvalue weighted by Crippen LogP contribution is -2.54. The van der Waals surface area contributed by atoms with Crippen molar-refractivity contribution in [1.29, 1.82) is 0 Å². The van der Waals surface area contributed by atoms with Crippen LogP contribution in [0.1, 0.15) is 64.9 Å². The van der Waals surface area contributed by atoms with Gasteiger partial charge in [-0.2, -0.15) is 0 Å². The van der Waals surface area contributed by atoms with Gasteiger partial charge in [0.05, 0.1) is 10.6 Å². The molecule has 0 radical (unpaired) electrons. The molecule has 8 heteroatoms. The first-order chi connectivity index (χ1) is 16.0. The number of nitrogens with one attached hydrogen (secondary N) is 2. The second-order valence-corrected chi connectivity index (χ2v) is 11.1. The number of hydrogen-bond acceptors (Lipinski definition) is 4. The van der Waals surface area contributed by atoms with Crippen molar-refractivity contribution in [3.8, 4) is 0 Å². The number of benzene rings is 1. The maximum atomic E-state index is 15.1. The number of carbonyl (C=O) groups is 1. The fourth-order valence-corrected chi connectivity index (χ4v) is 5.19. The van der Waals surface area contributed by atoms with Crippen LogP contribution in [-0.2, 0) is 10.3 Å². The molecule has 0 saturated carbocycles. The Labute approximate surface area is 209 Å². The van der Waals surface area contributed by atoms with Crippen molar-refractivity contribution >= 4 is 17.6 Å². The molecule has 34 heavy (non-hydrogen) atoms. The summed E-state index contributed by atoms with van der Waals surface area (Å²) in [4.78, 5) is 15.0. The largest absolute Gasteiger partial charge is 0.385 e. The van der Waals surface area contributed by atoms with Crippen LogP contribution in [0.15, 0.2) is 18.2 Å². The van der Waals surface area contributed by atoms with Crippen molar-refractivity contribution in [1.82, 2.24) is 15.5 Å². The van der Waals surface area contributed by atoms with Crippen molar-refractivity contribution < 1.29 is 19.0 Å². The fourth-order valence-electron chi connectivity index (χ4n) is 5.01. The summed E-state index contributed by atoms with van der Waals surface area (Å²) >= 11 is 6.07. The summed E-state index contributed by atoms with van der Waals surface area (Å²) < 4.78 is 20.2. The van der Waals surface area contributed by atoms with Crippen LogP contribution in [0.2, 0.25) is 5.02 Å². The van der Waals surface area contributed by atoms with Gasteiger partial charge in [0.15, 0.2) is 0 Å². The Morgan fingerprint density at radius 2 is 2.09 bits per heavy atom. The van der Waals surface area contributed by atoms with Gasteiger partial charge >= 0.3 is 6.03 Å². The van der Waals surface area contributed by atoms with Crippen LogP contribution in [0.3, 0.4) is 0 Å². The topological polar surface area (TPSA) is 73.8 Å². The summed E-state index contributed by atoms with van der Waals surface area (Å²) in [6, 6.07) is 4.63. The molecule has 0 aromatic heterocycles. The Balaban J connectivity index is 2.22. The van der Waals surface area contributed by atoms with E-state index in [1.54, 1.807) is 24.1 Å². The molecule has 3 N–H and O–H groups in total. The monoisotopic (exact) mass is 499 g/mol. The fraction of sp³-hybridized carbons (Fsp3) is 0.731. The Morgan fingerprint density at radius 1 is 1.35 bits per heavy atom. The smallest absolute Gasteiger partial charge is 0.317 e. The molecule has 1 fully saturated rings. The first kappa shape index (κ1) is 28.8. The lowest BCUT2D eigenvalue weighted by molar-refractivity contribution is -0.0587. The van der Waals surface area contributed by atoms with E-state index < -0.39 is 11.4 Å². The number of rotatable bonds is 11. The molecule has 0 unspecified atom stereocenters. The molecule has 1 aromatic rings. The third kappa shape index (κ3) is 8.08. The zero-order valence-corrected chi connectivity index (χ0v) is 22.2. The normalized spacial score (nSPS) is 19.5. The predicted molar refractivity (Wildman–Crippen MR) is 136 cm³/mol. The predicted octanol–water partition coefficient (Wildman–Crippen LogP) is 4.93. The van der Waals surface area contributed by atoms with Gasteiger partial charge in [-0.25, -0.2) is 9.18 Å². The molecule has 0 bridgehead atoms. The minimum absolute atomic E-state index is 0.00354. The maximum Gasteiger partial charge on any atom is 0.317 e. The molecule has 6 nitrogen and oxygen atoms in total. The quantitative estimate of drug-likeness (QED) is 0.377. The van der Waals surface area contributed by atoms with E-state index in [0.717, 1.165) is 19.3 Å². The van der Waals surface area contributed by atoms with Crippen LogP contribution in [0.25, 0.3) is 0 Å². The summed E-state index contributed by atoms with van der Waals surface area (Å²) in [5.74, 6) is -0.882. The van der Waals surface area contributed by atoms with Gasteiger partial charge in [0, 0.05) is 50.9 Å². The molecule has 1 aromatic carbocycles. The number of halogens is 2. The van der Waals surface area contributed by atoms with E-state index in [2.05, 4.69) is 31.4 Å². The van der Waals surface area contributed by atoms with E-state index in [1.807, 2.05) is 7.05 Å². The van der Waals surface area contributed by atoms with Gasteiger partial charge < -0.3 is 25.4 Å². The number of amides is 2. The van der Waals surface area contributed by atoms with Crippen LogP contribution in [-0.4, -0.2) is 62.5 Å². The number of likely N-dealkylation sites (N-methyl/N-ethyl adjacent to an activating group) is 1. The van der Waals surface area contributed by atoms with Gasteiger partial charge in [-0.1, -0.05) is 44.5 Å². The minimum atomic E-state index is -1.42. The lowest BCUT2D eigenvalue weighted by atomic mass is 9.74. The Bertz CT molecular complexity index is 789. The highest BCUT2D eigenvalue weighted by Crippen LogP contribution is 2.42. The summed E-state index contributed by atoms with van der Waals surface area (Å²) in [6.07, 6.45) is 4.11. The van der Waals surface area contributed by atoms with E-state index in [0.29, 0.717) is 45.5 Å². The standard InChI is InChI=1S/C26H43ClFN3O3/c1-25(2,3)16-20(17-29-4)30-24(32)31-14-9-10-19(18-31)26(33,13-6-7-15-34-5)21-11-8-12-22(27)23(21)28/h8,11-12,19-20,29,33H,6-7,9-10,13-18H2,1-5H3,(H,30,32)/t19-,20+,26-/m1/s1. The van der Waals surface area contributed by atoms with Crippen LogP contribution < -0.4 is 10.6 Å². The first-order valence-electron chi connectivity index (χ1n) is 12.4. The number of urea groups is 1. The molecular weight excluding hydrogens is 457 g/mol. The lowest BCUT2D eigenvalue weighted by Gasteiger charge is -2.43. The van der Waals surface area contributed by atoms with Crippen LogP contribution in [0.4, 0.5) is 9.18 Å². The average molecular weight is 500 g/mol. The number of carbonyl (C=O) groups excluding carboxylic acids is 1. The molecule has 1 aliphatic heterocycles. The number of methoxy groups -OCH3 is 1. The van der Waals surface area contributed by atoms with Crippen molar-refractivity contribution in [2.45, 2.75) is 70.9 Å². The number of hydrogen-bond donors (Lipinski definition) is 3. The van der Waals surface area contributed by atoms with E-state index in [9.17, 15) is 9.90 Å². The van der Waals surface area contributed by atoms with Gasteiger partial charge in [0.25, 0.3) is 0 Å². The minimum Gasteiger partial charge on any atom is -0.385 e. The summed E-state index contributed by atoms with van der Waals surface area (Å²) in [5.41, 5.74) is -1.13. The van der Waals surface area contributed by atoms with Gasteiger partial charge in [-0.3, -0.25) is 0 Å². The van der Waals surface area contributed by atoms with Crippen LogP contribution in [0.5, 0.6) is 0 Å². The van der Waals surface area contributed by atoms with Gasteiger partial charge in [0.2, 0.25) is 0 Å². The Hall–Kier alpha value is -1.41. The number of likely N-dealkylation sites (tertiary alicyclic amines) is 1. The number of ether oxygens (including phenoxy) is 1. The van der Waals surface area contributed by atoms with Gasteiger partial charge in [0.1, 0.15) is 5.82 Å². The highest BCUT2D eigenvalue weighted by atomic mass is 35.5. The van der Waals surface area contributed by atoms with E-state index in [1.165, 1.54) is 6.07 Å². The number of unbranched alkanes of at least 4 members (excludes halogenated alkanes) is 1. The molecular formula is C26H43ClFN3O3. The van der Waals surface area contributed by atoms with Gasteiger partial charge in [-0.05, 0) is 57.1 Å². The van der Waals surface area contributed by atoms with Gasteiger partial charge in [-0.15, -0.1) is 0 Å². The zero-order valence-electron chi connectivity index (χ0n) is 21.4. The molecule has 0 aliphatic carbocycles. The van der Waals surface area contributed by atoms with Crippen molar-refractivity contribution in [2.24, 2.45) is 11.3 Å². The maximum absolute atomic E-state index is 15.1. The second-order valence-electron chi connectivity index (χ2n) is 10.7. The summed E-state index contributed by atoms with van der Waals surface area (Å²) in [6.45, 7) is 8.69. The summed E-state index contributed by atoms with van der Waals surface area (Å²) in [7, 11) is 3.52. The number of piperidine rings is 1. The molecule has 1 aliphatic rings.